The molecule has 1 amide bonds. The van der Waals surface area contributed by atoms with Gasteiger partial charge in [-0.1, -0.05) is 0 Å². The van der Waals surface area contributed by atoms with E-state index >= 15 is 0 Å². The molecule has 2 fully saturated rings. The van der Waals surface area contributed by atoms with Gasteiger partial charge in [-0.05, 0) is 84.8 Å². The Balaban J connectivity index is 1.66. The molecule has 3 heterocycles. The summed E-state index contributed by atoms with van der Waals surface area (Å²) in [7, 11) is 0. The highest BCUT2D eigenvalue weighted by molar-refractivity contribution is 9.10. The van der Waals surface area contributed by atoms with Crippen LogP contribution < -0.4 is 10.2 Å². The molecule has 0 unspecified atom stereocenters. The molecule has 1 aromatic heterocycles. The zero-order chi connectivity index (χ0) is 21.4. The summed E-state index contributed by atoms with van der Waals surface area (Å²) < 4.78 is 8.73. The number of aryl methyl sites for hydroxylation is 1. The number of nitrogens with one attached hydrogen (secondary N) is 1. The second-order valence-corrected chi connectivity index (χ2v) is 8.68. The van der Waals surface area contributed by atoms with E-state index < -0.39 is 0 Å². The summed E-state index contributed by atoms with van der Waals surface area (Å²) >= 11 is 9.02. The molecule has 2 aliphatic heterocycles. The molecular weight excluding hydrogens is 464 g/mol. The number of ether oxygens (including phenoxy) is 1. The van der Waals surface area contributed by atoms with Gasteiger partial charge < -0.3 is 19.5 Å². The lowest BCUT2D eigenvalue weighted by Crippen LogP contribution is -2.36. The van der Waals surface area contributed by atoms with Gasteiger partial charge in [0, 0.05) is 41.2 Å². The van der Waals surface area contributed by atoms with Gasteiger partial charge in [0.05, 0.1) is 18.9 Å². The Labute approximate surface area is 190 Å². The van der Waals surface area contributed by atoms with Crippen LogP contribution in [-0.4, -0.2) is 53.3 Å². The summed E-state index contributed by atoms with van der Waals surface area (Å²) in [5, 5.41) is 3.50. The minimum atomic E-state index is -0.0788. The fraction of sp³-hybridized carbons (Fsp3) is 0.364. The van der Waals surface area contributed by atoms with Crippen LogP contribution in [0.2, 0.25) is 0 Å². The van der Waals surface area contributed by atoms with Crippen LogP contribution in [0.3, 0.4) is 0 Å². The maximum Gasteiger partial charge on any atom is 0.276 e. The fourth-order valence-corrected chi connectivity index (χ4v) is 4.98. The molecule has 0 atom stereocenters. The maximum absolute atomic E-state index is 12.5. The molecule has 2 saturated heterocycles. The van der Waals surface area contributed by atoms with Gasteiger partial charge in [-0.25, -0.2) is 0 Å². The van der Waals surface area contributed by atoms with Crippen LogP contribution in [0, 0.1) is 13.8 Å². The van der Waals surface area contributed by atoms with Gasteiger partial charge >= 0.3 is 0 Å². The average Bonchev–Trinajstić information content (AvgIpc) is 3.16. The summed E-state index contributed by atoms with van der Waals surface area (Å²) in [5.41, 5.74) is 5.95. The van der Waals surface area contributed by atoms with Crippen LogP contribution >= 0.6 is 28.1 Å². The second-order valence-electron chi connectivity index (χ2n) is 7.43. The SMILES string of the molecule is CCN1C(=O)/C(=C/c2cc(C)n(-c3ccc(N4CCOCC4)c(Br)c3)c2C)NC1=S. The van der Waals surface area contributed by atoms with Crippen LogP contribution in [0.5, 0.6) is 0 Å². The number of hydrogen-bond acceptors (Lipinski definition) is 4. The Kier molecular flexibility index (Phi) is 5.99. The molecule has 158 valence electrons. The Bertz CT molecular complexity index is 1040. The number of thiocarbonyl (C=S) groups is 1. The van der Waals surface area contributed by atoms with E-state index in [4.69, 9.17) is 17.0 Å². The number of carbonyl (C=O) groups is 1. The molecule has 0 aliphatic carbocycles. The third-order valence-electron chi connectivity index (χ3n) is 5.59. The number of amides is 1. The van der Waals surface area contributed by atoms with Gasteiger partial charge in [0.2, 0.25) is 0 Å². The molecular formula is C22H25BrN4O2S. The third-order valence-corrected chi connectivity index (χ3v) is 6.55. The zero-order valence-electron chi connectivity index (χ0n) is 17.4. The number of likely N-dealkylation sites (N-methyl/N-ethyl adjacent to an activating group) is 1. The first-order valence-corrected chi connectivity index (χ1v) is 11.3. The largest absolute Gasteiger partial charge is 0.378 e. The van der Waals surface area contributed by atoms with Gasteiger partial charge in [0.25, 0.3) is 5.91 Å². The molecule has 1 aromatic carbocycles. The van der Waals surface area contributed by atoms with Crippen molar-refractivity contribution < 1.29 is 9.53 Å². The van der Waals surface area contributed by atoms with Crippen molar-refractivity contribution in [1.82, 2.24) is 14.8 Å². The van der Waals surface area contributed by atoms with Crippen molar-refractivity contribution in [2.45, 2.75) is 20.8 Å². The van der Waals surface area contributed by atoms with Crippen LogP contribution in [0.4, 0.5) is 5.69 Å². The quantitative estimate of drug-likeness (QED) is 0.524. The van der Waals surface area contributed by atoms with E-state index in [-0.39, 0.29) is 5.91 Å². The standard InChI is InChI=1S/C22H25BrN4O2S/c1-4-26-21(28)19(24-22(26)30)12-16-11-14(2)27(15(16)3)17-5-6-20(18(23)13-17)25-7-9-29-10-8-25/h5-6,11-13H,4,7-10H2,1-3H3,(H,24,30)/b19-12-. The van der Waals surface area contributed by atoms with Crippen molar-refractivity contribution in [1.29, 1.82) is 0 Å². The number of nitrogens with zero attached hydrogens (tertiary/aromatic N) is 3. The summed E-state index contributed by atoms with van der Waals surface area (Å²) in [6.07, 6.45) is 1.89. The number of aromatic nitrogens is 1. The number of anilines is 1. The van der Waals surface area contributed by atoms with E-state index in [1.54, 1.807) is 4.90 Å². The Morgan fingerprint density at radius 1 is 1.23 bits per heavy atom. The predicted octanol–water partition coefficient (Wildman–Crippen LogP) is 3.77. The Morgan fingerprint density at radius 2 is 1.97 bits per heavy atom. The van der Waals surface area contributed by atoms with Crippen molar-refractivity contribution in [3.05, 3.63) is 51.4 Å². The molecule has 8 heteroatoms. The first-order valence-electron chi connectivity index (χ1n) is 10.1. The summed E-state index contributed by atoms with van der Waals surface area (Å²) in [6, 6.07) is 8.54. The van der Waals surface area contributed by atoms with E-state index in [1.165, 1.54) is 5.69 Å². The average molecular weight is 489 g/mol. The van der Waals surface area contributed by atoms with Crippen molar-refractivity contribution in [3.63, 3.8) is 0 Å². The molecule has 0 saturated carbocycles. The van der Waals surface area contributed by atoms with Crippen molar-refractivity contribution in [2.75, 3.05) is 37.7 Å². The number of hydrogen-bond donors (Lipinski definition) is 1. The van der Waals surface area contributed by atoms with Gasteiger partial charge in [0.15, 0.2) is 5.11 Å². The zero-order valence-corrected chi connectivity index (χ0v) is 19.8. The van der Waals surface area contributed by atoms with Crippen LogP contribution in [0.15, 0.2) is 34.4 Å². The van der Waals surface area contributed by atoms with Gasteiger partial charge in [-0.3, -0.25) is 9.69 Å². The smallest absolute Gasteiger partial charge is 0.276 e. The van der Waals surface area contributed by atoms with Crippen molar-refractivity contribution >= 4 is 50.9 Å². The molecule has 30 heavy (non-hydrogen) atoms. The first-order chi connectivity index (χ1) is 14.4. The maximum atomic E-state index is 12.5. The highest BCUT2D eigenvalue weighted by Crippen LogP contribution is 2.31. The molecule has 1 N–H and O–H groups in total. The molecule has 0 spiro atoms. The van der Waals surface area contributed by atoms with E-state index in [9.17, 15) is 4.79 Å². The second kappa shape index (κ2) is 8.53. The van der Waals surface area contributed by atoms with Gasteiger partial charge in [-0.2, -0.15) is 0 Å². The third kappa shape index (κ3) is 3.79. The first kappa shape index (κ1) is 21.1. The normalized spacial score (nSPS) is 18.5. The van der Waals surface area contributed by atoms with Crippen molar-refractivity contribution in [3.8, 4) is 5.69 Å². The topological polar surface area (TPSA) is 49.7 Å². The van der Waals surface area contributed by atoms with Gasteiger partial charge in [0.1, 0.15) is 5.70 Å². The van der Waals surface area contributed by atoms with Crippen LogP contribution in [0.25, 0.3) is 11.8 Å². The number of carbonyl (C=O) groups excluding carboxylic acids is 1. The predicted molar refractivity (Wildman–Crippen MR) is 127 cm³/mol. The minimum absolute atomic E-state index is 0.0788. The molecule has 6 nitrogen and oxygen atoms in total. The highest BCUT2D eigenvalue weighted by Gasteiger charge is 2.29. The number of rotatable bonds is 4. The van der Waals surface area contributed by atoms with E-state index in [1.807, 2.05) is 13.0 Å². The molecule has 2 aliphatic rings. The number of benzene rings is 1. The fourth-order valence-electron chi connectivity index (χ4n) is 4.04. The van der Waals surface area contributed by atoms with Crippen LogP contribution in [0.1, 0.15) is 23.9 Å². The Hall–Kier alpha value is -2.16. The Morgan fingerprint density at radius 3 is 2.60 bits per heavy atom. The highest BCUT2D eigenvalue weighted by atomic mass is 79.9. The molecule has 4 rings (SSSR count). The number of morpholine rings is 1. The lowest BCUT2D eigenvalue weighted by Gasteiger charge is -2.30. The lowest BCUT2D eigenvalue weighted by atomic mass is 10.2. The summed E-state index contributed by atoms with van der Waals surface area (Å²) in [5.74, 6) is -0.0788. The minimum Gasteiger partial charge on any atom is -0.378 e. The van der Waals surface area contributed by atoms with Crippen molar-refractivity contribution in [2.24, 2.45) is 0 Å². The molecule has 0 bridgehead atoms. The monoisotopic (exact) mass is 488 g/mol. The van der Waals surface area contributed by atoms with Gasteiger partial charge in [-0.15, -0.1) is 0 Å². The van der Waals surface area contributed by atoms with E-state index in [0.717, 1.165) is 53.4 Å². The summed E-state index contributed by atoms with van der Waals surface area (Å²) in [6.45, 7) is 9.93. The lowest BCUT2D eigenvalue weighted by molar-refractivity contribution is -0.122. The molecule has 0 radical (unpaired) electrons. The summed E-state index contributed by atoms with van der Waals surface area (Å²) in [4.78, 5) is 16.4. The van der Waals surface area contributed by atoms with E-state index in [2.05, 4.69) is 68.8 Å². The molecule has 2 aromatic rings. The number of halogens is 1. The van der Waals surface area contributed by atoms with E-state index in [0.29, 0.717) is 17.4 Å². The van der Waals surface area contributed by atoms with Crippen LogP contribution in [-0.2, 0) is 9.53 Å².